The first-order chi connectivity index (χ1) is 5.20. The SMILES string of the molecule is O[C@@H]1[C@@H](O)[C@@H]2OCC(O2)[C@H]1O. The topological polar surface area (TPSA) is 79.2 Å². The van der Waals surface area contributed by atoms with Crippen LogP contribution in [0.1, 0.15) is 0 Å². The molecule has 1 unspecified atom stereocenters. The van der Waals surface area contributed by atoms with Crippen LogP contribution in [0.3, 0.4) is 0 Å². The quantitative estimate of drug-likeness (QED) is 0.377. The molecule has 5 nitrogen and oxygen atoms in total. The summed E-state index contributed by atoms with van der Waals surface area (Å²) >= 11 is 0. The lowest BCUT2D eigenvalue weighted by molar-refractivity contribution is -0.228. The number of aliphatic hydroxyl groups excluding tert-OH is 3. The van der Waals surface area contributed by atoms with Crippen molar-refractivity contribution in [3.63, 3.8) is 0 Å². The molecular weight excluding hydrogens is 152 g/mol. The smallest absolute Gasteiger partial charge is 0.186 e. The largest absolute Gasteiger partial charge is 0.387 e. The highest BCUT2D eigenvalue weighted by Crippen LogP contribution is 2.27. The van der Waals surface area contributed by atoms with Crippen molar-refractivity contribution in [2.75, 3.05) is 6.61 Å². The summed E-state index contributed by atoms with van der Waals surface area (Å²) in [4.78, 5) is 0. The van der Waals surface area contributed by atoms with Gasteiger partial charge in [0.1, 0.15) is 24.4 Å². The summed E-state index contributed by atoms with van der Waals surface area (Å²) < 4.78 is 9.95. The van der Waals surface area contributed by atoms with Crippen LogP contribution in [0.5, 0.6) is 0 Å². The third-order valence-corrected chi connectivity index (χ3v) is 2.09. The normalized spacial score (nSPS) is 56.5. The highest BCUT2D eigenvalue weighted by atomic mass is 16.7. The molecule has 2 fully saturated rings. The predicted molar refractivity (Wildman–Crippen MR) is 32.6 cm³/mol. The van der Waals surface area contributed by atoms with E-state index in [4.69, 9.17) is 14.6 Å². The fourth-order valence-corrected chi connectivity index (χ4v) is 1.38. The molecule has 3 N–H and O–H groups in total. The Morgan fingerprint density at radius 2 is 1.73 bits per heavy atom. The highest BCUT2D eigenvalue weighted by Gasteiger charge is 2.48. The zero-order valence-electron chi connectivity index (χ0n) is 5.75. The summed E-state index contributed by atoms with van der Waals surface area (Å²) in [5.74, 6) is 0. The molecule has 2 aliphatic heterocycles. The fourth-order valence-electron chi connectivity index (χ4n) is 1.38. The van der Waals surface area contributed by atoms with E-state index in [1.807, 2.05) is 0 Å². The number of fused-ring (bicyclic) bond motifs is 2. The molecule has 0 aromatic heterocycles. The van der Waals surface area contributed by atoms with Crippen molar-refractivity contribution in [1.82, 2.24) is 0 Å². The maximum Gasteiger partial charge on any atom is 0.186 e. The molecule has 0 aliphatic carbocycles. The van der Waals surface area contributed by atoms with Gasteiger partial charge in [0.15, 0.2) is 6.29 Å². The molecule has 0 spiro atoms. The molecule has 0 radical (unpaired) electrons. The maximum atomic E-state index is 9.22. The van der Waals surface area contributed by atoms with Gasteiger partial charge >= 0.3 is 0 Å². The van der Waals surface area contributed by atoms with Crippen LogP contribution in [-0.4, -0.2) is 52.6 Å². The molecule has 2 saturated heterocycles. The van der Waals surface area contributed by atoms with Crippen LogP contribution in [0.4, 0.5) is 0 Å². The van der Waals surface area contributed by atoms with Crippen molar-refractivity contribution in [1.29, 1.82) is 0 Å². The Bertz CT molecular complexity index is 141. The first kappa shape index (κ1) is 7.45. The average molecular weight is 162 g/mol. The van der Waals surface area contributed by atoms with Crippen LogP contribution in [-0.2, 0) is 9.47 Å². The van der Waals surface area contributed by atoms with Gasteiger partial charge in [-0.05, 0) is 0 Å². The molecular formula is C6H10O5. The van der Waals surface area contributed by atoms with Crippen molar-refractivity contribution in [3.8, 4) is 0 Å². The lowest BCUT2D eigenvalue weighted by atomic mass is 10.0. The first-order valence-corrected chi connectivity index (χ1v) is 3.51. The third kappa shape index (κ3) is 0.969. The molecule has 5 atom stereocenters. The van der Waals surface area contributed by atoms with E-state index < -0.39 is 30.7 Å². The Morgan fingerprint density at radius 3 is 2.45 bits per heavy atom. The van der Waals surface area contributed by atoms with Gasteiger partial charge in [-0.2, -0.15) is 0 Å². The van der Waals surface area contributed by atoms with Crippen molar-refractivity contribution in [3.05, 3.63) is 0 Å². The molecule has 2 aliphatic rings. The van der Waals surface area contributed by atoms with Crippen LogP contribution < -0.4 is 0 Å². The van der Waals surface area contributed by atoms with Crippen molar-refractivity contribution in [2.24, 2.45) is 0 Å². The standard InChI is InChI=1S/C6H10O5/c7-3-2-1-10-6(11-2)5(9)4(3)8/h2-9H,1H2/t2?,3-,4+,5-,6-/m1/s1. The van der Waals surface area contributed by atoms with Gasteiger partial charge in [0.05, 0.1) is 6.61 Å². The number of hydrogen-bond acceptors (Lipinski definition) is 5. The second-order valence-corrected chi connectivity index (χ2v) is 2.85. The Kier molecular flexibility index (Phi) is 1.62. The second kappa shape index (κ2) is 2.40. The second-order valence-electron chi connectivity index (χ2n) is 2.85. The van der Waals surface area contributed by atoms with Gasteiger partial charge in [0, 0.05) is 0 Å². The molecule has 0 aromatic carbocycles. The van der Waals surface area contributed by atoms with Crippen molar-refractivity contribution >= 4 is 0 Å². The number of rotatable bonds is 0. The average Bonchev–Trinajstić information content (AvgIpc) is 2.44. The third-order valence-electron chi connectivity index (χ3n) is 2.09. The van der Waals surface area contributed by atoms with Crippen LogP contribution in [0.25, 0.3) is 0 Å². The summed E-state index contributed by atoms with van der Waals surface area (Å²) in [7, 11) is 0. The first-order valence-electron chi connectivity index (χ1n) is 3.51. The molecule has 5 heteroatoms. The Morgan fingerprint density at radius 1 is 1.00 bits per heavy atom. The van der Waals surface area contributed by atoms with Gasteiger partial charge in [-0.3, -0.25) is 0 Å². The minimum Gasteiger partial charge on any atom is -0.387 e. The maximum absolute atomic E-state index is 9.22. The van der Waals surface area contributed by atoms with Crippen LogP contribution >= 0.6 is 0 Å². The molecule has 11 heavy (non-hydrogen) atoms. The molecule has 64 valence electrons. The monoisotopic (exact) mass is 162 g/mol. The zero-order valence-corrected chi connectivity index (χ0v) is 5.75. The van der Waals surface area contributed by atoms with Crippen molar-refractivity contribution < 1.29 is 24.8 Å². The Labute approximate surface area is 63.2 Å². The summed E-state index contributed by atoms with van der Waals surface area (Å²) in [5.41, 5.74) is 0. The molecule has 0 aromatic rings. The van der Waals surface area contributed by atoms with E-state index in [-0.39, 0.29) is 6.61 Å². The van der Waals surface area contributed by atoms with E-state index in [0.29, 0.717) is 0 Å². The highest BCUT2D eigenvalue weighted by molar-refractivity contribution is 4.92. The minimum atomic E-state index is -1.15. The number of hydrogen-bond donors (Lipinski definition) is 3. The van der Waals surface area contributed by atoms with E-state index in [0.717, 1.165) is 0 Å². The Balaban J connectivity index is 2.16. The van der Waals surface area contributed by atoms with Crippen LogP contribution in [0.15, 0.2) is 0 Å². The lowest BCUT2D eigenvalue weighted by Crippen LogP contribution is -2.53. The fraction of sp³-hybridized carbons (Fsp3) is 1.00. The van der Waals surface area contributed by atoms with E-state index in [1.165, 1.54) is 0 Å². The van der Waals surface area contributed by atoms with Crippen molar-refractivity contribution in [2.45, 2.75) is 30.7 Å². The van der Waals surface area contributed by atoms with E-state index in [1.54, 1.807) is 0 Å². The lowest BCUT2D eigenvalue weighted by Gasteiger charge is -2.32. The van der Waals surface area contributed by atoms with Crippen LogP contribution in [0.2, 0.25) is 0 Å². The predicted octanol–water partition coefficient (Wildman–Crippen LogP) is -2.18. The molecule has 2 rings (SSSR count). The van der Waals surface area contributed by atoms with Gasteiger partial charge in [-0.1, -0.05) is 0 Å². The zero-order chi connectivity index (χ0) is 8.01. The van der Waals surface area contributed by atoms with Gasteiger partial charge in [0.2, 0.25) is 0 Å². The van der Waals surface area contributed by atoms with E-state index >= 15 is 0 Å². The van der Waals surface area contributed by atoms with E-state index in [2.05, 4.69) is 0 Å². The van der Waals surface area contributed by atoms with Gasteiger partial charge < -0.3 is 24.8 Å². The Hall–Kier alpha value is -0.200. The summed E-state index contributed by atoms with van der Waals surface area (Å²) in [6.07, 6.45) is -4.58. The van der Waals surface area contributed by atoms with Crippen LogP contribution in [0, 0.1) is 0 Å². The number of aliphatic hydroxyl groups is 3. The van der Waals surface area contributed by atoms with E-state index in [9.17, 15) is 10.2 Å². The minimum absolute atomic E-state index is 0.236. The molecule has 2 heterocycles. The summed E-state index contributed by atoms with van der Waals surface area (Å²) in [5, 5.41) is 27.6. The molecule has 0 amide bonds. The molecule has 0 saturated carbocycles. The number of ether oxygens (including phenoxy) is 2. The van der Waals surface area contributed by atoms with Gasteiger partial charge in [0.25, 0.3) is 0 Å². The molecule has 2 bridgehead atoms. The van der Waals surface area contributed by atoms with Gasteiger partial charge in [-0.15, -0.1) is 0 Å². The summed E-state index contributed by atoms with van der Waals surface area (Å²) in [6, 6.07) is 0. The van der Waals surface area contributed by atoms with Gasteiger partial charge in [-0.25, -0.2) is 0 Å². The summed E-state index contributed by atoms with van der Waals surface area (Å²) in [6.45, 7) is 0.236.